The number of fused-ring (bicyclic) bond motifs is 1. The third-order valence-electron chi connectivity index (χ3n) is 4.67. The van der Waals surface area contributed by atoms with Gasteiger partial charge >= 0.3 is 6.03 Å². The minimum Gasteiger partial charge on any atom is -0.374 e. The molecular weight excluding hydrogens is 308 g/mol. The van der Waals surface area contributed by atoms with Gasteiger partial charge in [-0.1, -0.05) is 18.2 Å². The normalized spacial score (nSPS) is 22.6. The van der Waals surface area contributed by atoms with Gasteiger partial charge in [0.05, 0.1) is 0 Å². The van der Waals surface area contributed by atoms with E-state index in [4.69, 9.17) is 0 Å². The largest absolute Gasteiger partial charge is 0.374 e. The zero-order chi connectivity index (χ0) is 17.1. The summed E-state index contributed by atoms with van der Waals surface area (Å²) in [7, 11) is 2.08. The van der Waals surface area contributed by atoms with Crippen LogP contribution in [0.5, 0.6) is 0 Å². The standard InChI is InChI=1S/C17H22N4O3/c1-21-9-8-11(12-4-2-3-5-14(12)21)10-18-15(22)7-6-13-16(23)20-17(24)19-13/h2-5,11,13H,6-10H2,1H3,(H,18,22)(H2,19,20,23,24). The molecule has 2 heterocycles. The number of anilines is 1. The average Bonchev–Trinajstić information content (AvgIpc) is 2.90. The second-order valence-electron chi connectivity index (χ2n) is 6.32. The lowest BCUT2D eigenvalue weighted by atomic mass is 9.90. The zero-order valence-electron chi connectivity index (χ0n) is 13.7. The highest BCUT2D eigenvalue weighted by Gasteiger charge is 2.29. The minimum atomic E-state index is -0.604. The number of hydrogen-bond donors (Lipinski definition) is 3. The molecule has 1 saturated heterocycles. The first-order chi connectivity index (χ1) is 11.5. The minimum absolute atomic E-state index is 0.0969. The molecule has 3 N–H and O–H groups in total. The fourth-order valence-corrected chi connectivity index (χ4v) is 3.28. The first kappa shape index (κ1) is 16.3. The van der Waals surface area contributed by atoms with Gasteiger partial charge in [0.1, 0.15) is 6.04 Å². The number of carbonyl (C=O) groups excluding carboxylic acids is 3. The SMILES string of the molecule is CN1CCC(CNC(=O)CCC2NC(=O)NC2=O)c2ccccc21. The van der Waals surface area contributed by atoms with E-state index in [2.05, 4.69) is 40.0 Å². The average molecular weight is 330 g/mol. The maximum atomic E-state index is 12.0. The number of imide groups is 1. The summed E-state index contributed by atoms with van der Waals surface area (Å²) in [5.74, 6) is -0.159. The highest BCUT2D eigenvalue weighted by molar-refractivity contribution is 6.04. The van der Waals surface area contributed by atoms with Crippen LogP contribution in [0.4, 0.5) is 10.5 Å². The fourth-order valence-electron chi connectivity index (χ4n) is 3.28. The Morgan fingerprint density at radius 3 is 2.88 bits per heavy atom. The molecule has 3 rings (SSSR count). The van der Waals surface area contributed by atoms with Gasteiger partial charge in [-0.2, -0.15) is 0 Å². The second kappa shape index (κ2) is 6.90. The van der Waals surface area contributed by atoms with E-state index in [1.807, 2.05) is 12.1 Å². The lowest BCUT2D eigenvalue weighted by Crippen LogP contribution is -2.35. The summed E-state index contributed by atoms with van der Waals surface area (Å²) in [6.07, 6.45) is 1.52. The highest BCUT2D eigenvalue weighted by atomic mass is 16.2. The number of nitrogens with one attached hydrogen (secondary N) is 3. The monoisotopic (exact) mass is 330 g/mol. The van der Waals surface area contributed by atoms with Crippen molar-refractivity contribution in [2.45, 2.75) is 31.2 Å². The summed E-state index contributed by atoms with van der Waals surface area (Å²) in [6.45, 7) is 1.55. The van der Waals surface area contributed by atoms with Crippen molar-refractivity contribution in [3.05, 3.63) is 29.8 Å². The second-order valence-corrected chi connectivity index (χ2v) is 6.32. The lowest BCUT2D eigenvalue weighted by molar-refractivity contribution is -0.122. The van der Waals surface area contributed by atoms with E-state index in [-0.39, 0.29) is 18.2 Å². The molecule has 2 atom stereocenters. The Morgan fingerprint density at radius 2 is 2.12 bits per heavy atom. The van der Waals surface area contributed by atoms with Gasteiger partial charge in [0.25, 0.3) is 5.91 Å². The van der Waals surface area contributed by atoms with Crippen molar-refractivity contribution >= 4 is 23.5 Å². The van der Waals surface area contributed by atoms with Crippen molar-refractivity contribution in [2.75, 3.05) is 25.0 Å². The number of para-hydroxylation sites is 1. The van der Waals surface area contributed by atoms with Crippen LogP contribution in [0, 0.1) is 0 Å². The number of amides is 4. The van der Waals surface area contributed by atoms with Crippen LogP contribution in [-0.2, 0) is 9.59 Å². The van der Waals surface area contributed by atoms with E-state index in [1.165, 1.54) is 11.3 Å². The summed E-state index contributed by atoms with van der Waals surface area (Å²) in [5.41, 5.74) is 2.47. The number of urea groups is 1. The molecule has 4 amide bonds. The molecule has 7 nitrogen and oxygen atoms in total. The zero-order valence-corrected chi connectivity index (χ0v) is 13.7. The summed E-state index contributed by atoms with van der Waals surface area (Å²) in [4.78, 5) is 36.7. The Balaban J connectivity index is 1.49. The van der Waals surface area contributed by atoms with Gasteiger partial charge in [0, 0.05) is 38.2 Å². The molecule has 1 fully saturated rings. The van der Waals surface area contributed by atoms with Gasteiger partial charge in [0.2, 0.25) is 5.91 Å². The van der Waals surface area contributed by atoms with Gasteiger partial charge in [0.15, 0.2) is 0 Å². The summed E-state index contributed by atoms with van der Waals surface area (Å²) in [6, 6.07) is 7.16. The molecule has 0 radical (unpaired) electrons. The first-order valence-corrected chi connectivity index (χ1v) is 8.22. The third-order valence-corrected chi connectivity index (χ3v) is 4.67. The fraction of sp³-hybridized carbons (Fsp3) is 0.471. The molecule has 0 bridgehead atoms. The van der Waals surface area contributed by atoms with E-state index in [0.29, 0.717) is 18.9 Å². The maximum Gasteiger partial charge on any atom is 0.322 e. The van der Waals surface area contributed by atoms with Crippen molar-refractivity contribution in [3.8, 4) is 0 Å². The van der Waals surface area contributed by atoms with Crippen LogP contribution in [0.25, 0.3) is 0 Å². The highest BCUT2D eigenvalue weighted by Crippen LogP contribution is 2.33. The van der Waals surface area contributed by atoms with Crippen molar-refractivity contribution in [2.24, 2.45) is 0 Å². The van der Waals surface area contributed by atoms with Gasteiger partial charge in [-0.05, 0) is 24.5 Å². The van der Waals surface area contributed by atoms with Crippen LogP contribution in [0.2, 0.25) is 0 Å². The Morgan fingerprint density at radius 1 is 1.33 bits per heavy atom. The molecule has 0 spiro atoms. The Kier molecular flexibility index (Phi) is 4.69. The van der Waals surface area contributed by atoms with E-state index in [0.717, 1.165) is 13.0 Å². The smallest absolute Gasteiger partial charge is 0.322 e. The van der Waals surface area contributed by atoms with Gasteiger partial charge in [-0.3, -0.25) is 14.9 Å². The Bertz CT molecular complexity index is 661. The topological polar surface area (TPSA) is 90.5 Å². The molecule has 1 aromatic carbocycles. The first-order valence-electron chi connectivity index (χ1n) is 8.22. The molecule has 2 aliphatic rings. The molecule has 1 aromatic rings. The number of nitrogens with zero attached hydrogens (tertiary/aromatic N) is 1. The molecule has 2 unspecified atom stereocenters. The van der Waals surface area contributed by atoms with Crippen molar-refractivity contribution in [1.29, 1.82) is 0 Å². The van der Waals surface area contributed by atoms with Gasteiger partial charge in [-0.25, -0.2) is 4.79 Å². The Hall–Kier alpha value is -2.57. The van der Waals surface area contributed by atoms with Crippen molar-refractivity contribution < 1.29 is 14.4 Å². The Labute approximate surface area is 140 Å². The molecule has 128 valence electrons. The van der Waals surface area contributed by atoms with Crippen molar-refractivity contribution in [3.63, 3.8) is 0 Å². The molecule has 7 heteroatoms. The summed E-state index contributed by atoms with van der Waals surface area (Å²) >= 11 is 0. The maximum absolute atomic E-state index is 12.0. The molecular formula is C17H22N4O3. The van der Waals surface area contributed by atoms with Gasteiger partial charge < -0.3 is 15.5 Å². The third kappa shape index (κ3) is 3.50. The van der Waals surface area contributed by atoms with Crippen LogP contribution in [0.15, 0.2) is 24.3 Å². The predicted octanol–water partition coefficient (Wildman–Crippen LogP) is 0.715. The van der Waals surface area contributed by atoms with Crippen LogP contribution >= 0.6 is 0 Å². The molecule has 2 aliphatic heterocycles. The number of rotatable bonds is 5. The molecule has 0 aliphatic carbocycles. The predicted molar refractivity (Wildman–Crippen MR) is 89.8 cm³/mol. The molecule has 0 aromatic heterocycles. The van der Waals surface area contributed by atoms with E-state index in [9.17, 15) is 14.4 Å². The quantitative estimate of drug-likeness (QED) is 0.694. The molecule has 24 heavy (non-hydrogen) atoms. The van der Waals surface area contributed by atoms with Gasteiger partial charge in [-0.15, -0.1) is 0 Å². The number of hydrogen-bond acceptors (Lipinski definition) is 4. The number of benzene rings is 1. The van der Waals surface area contributed by atoms with Crippen LogP contribution in [0.1, 0.15) is 30.7 Å². The van der Waals surface area contributed by atoms with E-state index >= 15 is 0 Å². The van der Waals surface area contributed by atoms with Crippen LogP contribution < -0.4 is 20.9 Å². The summed E-state index contributed by atoms with van der Waals surface area (Å²) < 4.78 is 0. The molecule has 0 saturated carbocycles. The van der Waals surface area contributed by atoms with Crippen molar-refractivity contribution in [1.82, 2.24) is 16.0 Å². The van der Waals surface area contributed by atoms with Crippen LogP contribution in [0.3, 0.4) is 0 Å². The lowest BCUT2D eigenvalue weighted by Gasteiger charge is -2.33. The van der Waals surface area contributed by atoms with Crippen LogP contribution in [-0.4, -0.2) is 44.0 Å². The summed E-state index contributed by atoms with van der Waals surface area (Å²) in [5, 5.41) is 7.62. The van der Waals surface area contributed by atoms with E-state index in [1.54, 1.807) is 0 Å². The number of carbonyl (C=O) groups is 3. The van der Waals surface area contributed by atoms with E-state index < -0.39 is 12.1 Å².